The van der Waals surface area contributed by atoms with E-state index in [0.29, 0.717) is 18.1 Å². The number of ether oxygens (including phenoxy) is 1. The first kappa shape index (κ1) is 13.6. The highest BCUT2D eigenvalue weighted by Crippen LogP contribution is 2.24. The second kappa shape index (κ2) is 5.27. The molecular weight excluding hydrogens is 226 g/mol. The van der Waals surface area contributed by atoms with Crippen molar-refractivity contribution in [2.45, 2.75) is 33.1 Å². The first-order valence-corrected chi connectivity index (χ1v) is 5.45. The third kappa shape index (κ3) is 3.26. The Kier molecular flexibility index (Phi) is 4.22. The molecule has 96 valence electrons. The van der Waals surface area contributed by atoms with E-state index in [1.54, 1.807) is 13.8 Å². The van der Waals surface area contributed by atoms with E-state index in [0.717, 1.165) is 0 Å². The van der Waals surface area contributed by atoms with Crippen molar-refractivity contribution < 1.29 is 24.0 Å². The first-order chi connectivity index (χ1) is 7.88. The molecule has 1 aliphatic heterocycles. The second-order valence-electron chi connectivity index (χ2n) is 4.59. The largest absolute Gasteiger partial charge is 0.385 e. The minimum Gasteiger partial charge on any atom is -0.385 e. The molecule has 0 radical (unpaired) electrons. The van der Waals surface area contributed by atoms with Crippen molar-refractivity contribution in [1.82, 2.24) is 5.06 Å². The highest BCUT2D eigenvalue weighted by Gasteiger charge is 2.37. The number of methoxy groups -OCH3 is 1. The Bertz CT molecular complexity index is 321. The zero-order valence-electron chi connectivity index (χ0n) is 10.3. The summed E-state index contributed by atoms with van der Waals surface area (Å²) in [5, 5.41) is 0.566. The number of carbonyl (C=O) groups excluding carboxylic acids is 3. The molecule has 0 N–H and O–H groups in total. The highest BCUT2D eigenvalue weighted by atomic mass is 16.7. The summed E-state index contributed by atoms with van der Waals surface area (Å²) in [4.78, 5) is 39.2. The maximum atomic E-state index is 11.8. The lowest BCUT2D eigenvalue weighted by molar-refractivity contribution is -0.204. The summed E-state index contributed by atoms with van der Waals surface area (Å²) in [6.45, 7) is 3.77. The predicted octanol–water partition coefficient (Wildman–Crippen LogP) is 0.656. The third-order valence-corrected chi connectivity index (χ3v) is 2.66. The number of hydrogen-bond acceptors (Lipinski definition) is 5. The van der Waals surface area contributed by atoms with Crippen LogP contribution in [0.1, 0.15) is 33.1 Å². The van der Waals surface area contributed by atoms with Gasteiger partial charge >= 0.3 is 5.97 Å². The minimum atomic E-state index is -0.792. The zero-order valence-corrected chi connectivity index (χ0v) is 10.3. The van der Waals surface area contributed by atoms with Gasteiger partial charge in [-0.05, 0) is 20.3 Å². The van der Waals surface area contributed by atoms with Crippen LogP contribution in [0.2, 0.25) is 0 Å². The number of hydrogen-bond donors (Lipinski definition) is 0. The Morgan fingerprint density at radius 3 is 2.29 bits per heavy atom. The molecule has 1 rings (SSSR count). The van der Waals surface area contributed by atoms with Gasteiger partial charge in [-0.1, -0.05) is 0 Å². The Hall–Kier alpha value is -1.43. The summed E-state index contributed by atoms with van der Waals surface area (Å²) >= 11 is 0. The third-order valence-electron chi connectivity index (χ3n) is 2.66. The van der Waals surface area contributed by atoms with Crippen molar-refractivity contribution in [2.24, 2.45) is 5.41 Å². The summed E-state index contributed by atoms with van der Waals surface area (Å²) in [6.07, 6.45) is 0.660. The topological polar surface area (TPSA) is 72.9 Å². The Balaban J connectivity index is 2.59. The van der Waals surface area contributed by atoms with E-state index >= 15 is 0 Å². The molecule has 0 aromatic rings. The Morgan fingerprint density at radius 2 is 1.82 bits per heavy atom. The molecular formula is C11H17NO5. The number of hydroxylamine groups is 2. The summed E-state index contributed by atoms with van der Waals surface area (Å²) in [5.41, 5.74) is -0.792. The summed E-state index contributed by atoms with van der Waals surface area (Å²) < 4.78 is 4.88. The average Bonchev–Trinajstić information content (AvgIpc) is 2.58. The number of imide groups is 1. The van der Waals surface area contributed by atoms with Gasteiger partial charge in [0, 0.05) is 26.6 Å². The molecule has 6 heteroatoms. The first-order valence-electron chi connectivity index (χ1n) is 5.45. The van der Waals surface area contributed by atoms with Crippen LogP contribution in [0.15, 0.2) is 0 Å². The van der Waals surface area contributed by atoms with Crippen LogP contribution in [-0.2, 0) is 24.0 Å². The van der Waals surface area contributed by atoms with Gasteiger partial charge in [-0.25, -0.2) is 4.79 Å². The van der Waals surface area contributed by atoms with Crippen LogP contribution < -0.4 is 0 Å². The highest BCUT2D eigenvalue weighted by molar-refractivity contribution is 6.01. The van der Waals surface area contributed by atoms with Crippen LogP contribution in [0, 0.1) is 5.41 Å². The van der Waals surface area contributed by atoms with E-state index in [1.807, 2.05) is 0 Å². The molecule has 6 nitrogen and oxygen atoms in total. The average molecular weight is 243 g/mol. The van der Waals surface area contributed by atoms with Crippen molar-refractivity contribution in [3.8, 4) is 0 Å². The van der Waals surface area contributed by atoms with Crippen molar-refractivity contribution in [3.05, 3.63) is 0 Å². The fourth-order valence-electron chi connectivity index (χ4n) is 1.32. The van der Waals surface area contributed by atoms with E-state index in [9.17, 15) is 14.4 Å². The number of rotatable bonds is 5. The number of amides is 2. The van der Waals surface area contributed by atoms with Crippen LogP contribution >= 0.6 is 0 Å². The molecule has 0 aliphatic carbocycles. The minimum absolute atomic E-state index is 0.102. The van der Waals surface area contributed by atoms with Gasteiger partial charge in [-0.15, -0.1) is 5.06 Å². The lowest BCUT2D eigenvalue weighted by Gasteiger charge is -2.23. The SMILES string of the molecule is COCCC(C)(C)C(=O)ON1C(=O)CCC1=O. The maximum absolute atomic E-state index is 11.8. The van der Waals surface area contributed by atoms with Gasteiger partial charge in [0.1, 0.15) is 0 Å². The van der Waals surface area contributed by atoms with Crippen LogP contribution in [0.4, 0.5) is 0 Å². The van der Waals surface area contributed by atoms with Gasteiger partial charge in [0.05, 0.1) is 5.41 Å². The molecule has 0 aromatic carbocycles. The van der Waals surface area contributed by atoms with Crippen molar-refractivity contribution in [2.75, 3.05) is 13.7 Å². The van der Waals surface area contributed by atoms with Gasteiger partial charge in [0.15, 0.2) is 0 Å². The van der Waals surface area contributed by atoms with Gasteiger partial charge < -0.3 is 9.57 Å². The molecule has 1 aliphatic rings. The zero-order chi connectivity index (χ0) is 13.1. The van der Waals surface area contributed by atoms with Crippen LogP contribution in [0.5, 0.6) is 0 Å². The van der Waals surface area contributed by atoms with E-state index in [-0.39, 0.29) is 12.8 Å². The molecule has 1 saturated heterocycles. The molecule has 0 atom stereocenters. The lowest BCUT2D eigenvalue weighted by atomic mass is 9.90. The van der Waals surface area contributed by atoms with Crippen molar-refractivity contribution in [1.29, 1.82) is 0 Å². The Labute approximate surface area is 99.8 Å². The standard InChI is InChI=1S/C11H17NO5/c1-11(2,6-7-16-3)10(15)17-12-8(13)4-5-9(12)14/h4-7H2,1-3H3. The monoisotopic (exact) mass is 243 g/mol. The normalized spacial score (nSPS) is 16.5. The van der Waals surface area contributed by atoms with E-state index in [4.69, 9.17) is 9.57 Å². The van der Waals surface area contributed by atoms with E-state index in [2.05, 4.69) is 0 Å². The van der Waals surface area contributed by atoms with Gasteiger partial charge in [0.2, 0.25) is 0 Å². The van der Waals surface area contributed by atoms with Crippen LogP contribution in [0.25, 0.3) is 0 Å². The van der Waals surface area contributed by atoms with Gasteiger partial charge in [-0.2, -0.15) is 0 Å². The fraction of sp³-hybridized carbons (Fsp3) is 0.727. The summed E-state index contributed by atoms with van der Waals surface area (Å²) in [6, 6.07) is 0. The smallest absolute Gasteiger partial charge is 0.338 e. The molecule has 0 unspecified atom stereocenters. The second-order valence-corrected chi connectivity index (χ2v) is 4.59. The number of nitrogens with zero attached hydrogens (tertiary/aromatic N) is 1. The molecule has 0 saturated carbocycles. The molecule has 1 fully saturated rings. The van der Waals surface area contributed by atoms with Crippen LogP contribution in [0.3, 0.4) is 0 Å². The molecule has 0 bridgehead atoms. The maximum Gasteiger partial charge on any atom is 0.338 e. The van der Waals surface area contributed by atoms with Crippen molar-refractivity contribution in [3.63, 3.8) is 0 Å². The molecule has 1 heterocycles. The van der Waals surface area contributed by atoms with Gasteiger partial charge in [-0.3, -0.25) is 9.59 Å². The van der Waals surface area contributed by atoms with E-state index in [1.165, 1.54) is 7.11 Å². The van der Waals surface area contributed by atoms with E-state index < -0.39 is 23.2 Å². The lowest BCUT2D eigenvalue weighted by Crippen LogP contribution is -2.38. The number of carbonyl (C=O) groups is 3. The van der Waals surface area contributed by atoms with Gasteiger partial charge in [0.25, 0.3) is 11.8 Å². The summed E-state index contributed by atoms with van der Waals surface area (Å²) in [5.74, 6) is -1.53. The molecule has 0 spiro atoms. The Morgan fingerprint density at radius 1 is 1.29 bits per heavy atom. The van der Waals surface area contributed by atoms with Crippen molar-refractivity contribution >= 4 is 17.8 Å². The quantitative estimate of drug-likeness (QED) is 0.663. The fourth-order valence-corrected chi connectivity index (χ4v) is 1.32. The molecule has 17 heavy (non-hydrogen) atoms. The molecule has 2 amide bonds. The predicted molar refractivity (Wildman–Crippen MR) is 57.5 cm³/mol. The molecule has 0 aromatic heterocycles. The van der Waals surface area contributed by atoms with Crippen LogP contribution in [-0.4, -0.2) is 36.6 Å². The summed E-state index contributed by atoms with van der Waals surface area (Å²) in [7, 11) is 1.54.